The average Bonchev–Trinajstić information content (AvgIpc) is 3.17. The van der Waals surface area contributed by atoms with Crippen LogP contribution in [0.2, 0.25) is 0 Å². The van der Waals surface area contributed by atoms with Gasteiger partial charge < -0.3 is 15.1 Å². The Morgan fingerprint density at radius 3 is 2.96 bits per heavy atom. The van der Waals surface area contributed by atoms with E-state index in [9.17, 15) is 4.79 Å². The van der Waals surface area contributed by atoms with E-state index in [0.29, 0.717) is 24.0 Å². The molecule has 24 heavy (non-hydrogen) atoms. The van der Waals surface area contributed by atoms with Crippen molar-refractivity contribution >= 4 is 42.1 Å². The van der Waals surface area contributed by atoms with Gasteiger partial charge >= 0.3 is 0 Å². The highest BCUT2D eigenvalue weighted by atomic mass is 35.5. The molecule has 0 aliphatic carbocycles. The number of hydrogen-bond acceptors (Lipinski definition) is 5. The molecule has 1 aliphatic rings. The number of hydrogen-bond donors (Lipinski definition) is 1. The van der Waals surface area contributed by atoms with Crippen LogP contribution in [-0.4, -0.2) is 34.9 Å². The van der Waals surface area contributed by atoms with E-state index in [2.05, 4.69) is 11.9 Å². The van der Waals surface area contributed by atoms with Gasteiger partial charge in [-0.15, -0.1) is 36.2 Å². The maximum Gasteiger partial charge on any atom is 0.236 e. The topological polar surface area (TPSA) is 72.4 Å². The van der Waals surface area contributed by atoms with Gasteiger partial charge in [-0.3, -0.25) is 4.79 Å². The lowest BCUT2D eigenvalue weighted by Gasteiger charge is -2.39. The zero-order valence-corrected chi connectivity index (χ0v) is 16.0. The van der Waals surface area contributed by atoms with Crippen LogP contribution < -0.4 is 5.73 Å². The number of rotatable bonds is 4. The molecular weight excluding hydrogens is 369 g/mol. The average molecular weight is 392 g/mol. The number of carbonyl (C=O) groups excluding carboxylic acids is 1. The molecule has 2 aromatic rings. The number of halogens is 2. The van der Waals surface area contributed by atoms with Crippen molar-refractivity contribution in [3.05, 3.63) is 29.5 Å². The van der Waals surface area contributed by atoms with Gasteiger partial charge in [0.05, 0.1) is 17.0 Å². The third-order valence-electron chi connectivity index (χ3n) is 4.29. The first-order valence-electron chi connectivity index (χ1n) is 7.67. The summed E-state index contributed by atoms with van der Waals surface area (Å²) < 4.78 is 5.48. The summed E-state index contributed by atoms with van der Waals surface area (Å²) in [6.45, 7) is 3.48. The number of piperidine rings is 1. The lowest BCUT2D eigenvalue weighted by atomic mass is 9.90. The third kappa shape index (κ3) is 4.51. The fourth-order valence-corrected chi connectivity index (χ4v) is 3.73. The molecular formula is C16H23Cl2N3O2S. The van der Waals surface area contributed by atoms with Crippen LogP contribution in [-0.2, 0) is 11.2 Å². The Morgan fingerprint density at radius 1 is 1.50 bits per heavy atom. The molecule has 0 spiro atoms. The van der Waals surface area contributed by atoms with E-state index in [-0.39, 0.29) is 43.2 Å². The molecule has 1 amide bonds. The number of oxazole rings is 1. The van der Waals surface area contributed by atoms with Crippen LogP contribution in [0.5, 0.6) is 0 Å². The Balaban J connectivity index is 0.00000144. The van der Waals surface area contributed by atoms with Crippen LogP contribution in [0, 0.1) is 5.92 Å². The molecule has 2 atom stereocenters. The Morgan fingerprint density at radius 2 is 2.29 bits per heavy atom. The summed E-state index contributed by atoms with van der Waals surface area (Å²) >= 11 is 1.57. The molecule has 134 valence electrons. The molecule has 1 saturated heterocycles. The zero-order chi connectivity index (χ0) is 15.5. The van der Waals surface area contributed by atoms with Crippen LogP contribution in [0.15, 0.2) is 28.2 Å². The molecule has 1 fully saturated rings. The Kier molecular flexibility index (Phi) is 8.22. The van der Waals surface area contributed by atoms with E-state index in [0.717, 1.165) is 24.3 Å². The highest BCUT2D eigenvalue weighted by molar-refractivity contribution is 7.13. The maximum absolute atomic E-state index is 12.6. The second kappa shape index (κ2) is 9.42. The fraction of sp³-hybridized carbons (Fsp3) is 0.500. The molecule has 1 aliphatic heterocycles. The van der Waals surface area contributed by atoms with Gasteiger partial charge in [0.15, 0.2) is 0 Å². The summed E-state index contributed by atoms with van der Waals surface area (Å²) in [7, 11) is 0. The monoisotopic (exact) mass is 391 g/mol. The van der Waals surface area contributed by atoms with Gasteiger partial charge in [-0.25, -0.2) is 4.98 Å². The zero-order valence-electron chi connectivity index (χ0n) is 13.5. The minimum Gasteiger partial charge on any atom is -0.444 e. The number of likely N-dealkylation sites (tertiary alicyclic amines) is 1. The van der Waals surface area contributed by atoms with Crippen molar-refractivity contribution in [1.29, 1.82) is 0 Å². The van der Waals surface area contributed by atoms with Gasteiger partial charge in [-0.05, 0) is 30.2 Å². The SMILES string of the molecule is CC1CCCN(C(=O)Cc2coc(-c3cccs3)n2)C1CN.Cl.Cl. The Labute approximate surface area is 158 Å². The van der Waals surface area contributed by atoms with Crippen molar-refractivity contribution in [3.8, 4) is 10.8 Å². The second-order valence-corrected chi connectivity index (χ2v) is 6.76. The van der Waals surface area contributed by atoms with Gasteiger partial charge in [-0.1, -0.05) is 13.0 Å². The summed E-state index contributed by atoms with van der Waals surface area (Å²) in [6, 6.07) is 4.06. The molecule has 2 unspecified atom stereocenters. The van der Waals surface area contributed by atoms with E-state index < -0.39 is 0 Å². The molecule has 0 radical (unpaired) electrons. The highest BCUT2D eigenvalue weighted by Crippen LogP contribution is 2.25. The lowest BCUT2D eigenvalue weighted by Crippen LogP contribution is -2.51. The highest BCUT2D eigenvalue weighted by Gasteiger charge is 2.31. The van der Waals surface area contributed by atoms with Crippen LogP contribution in [0.4, 0.5) is 0 Å². The predicted molar refractivity (Wildman–Crippen MR) is 101 cm³/mol. The first-order valence-corrected chi connectivity index (χ1v) is 8.55. The quantitative estimate of drug-likeness (QED) is 0.866. The second-order valence-electron chi connectivity index (χ2n) is 5.81. The lowest BCUT2D eigenvalue weighted by molar-refractivity contribution is -0.135. The van der Waals surface area contributed by atoms with Gasteiger partial charge in [0.1, 0.15) is 6.26 Å². The van der Waals surface area contributed by atoms with E-state index in [4.69, 9.17) is 10.2 Å². The van der Waals surface area contributed by atoms with Crippen LogP contribution in [0.3, 0.4) is 0 Å². The minimum atomic E-state index is 0. The molecule has 0 aromatic carbocycles. The van der Waals surface area contributed by atoms with Gasteiger partial charge in [-0.2, -0.15) is 0 Å². The molecule has 3 rings (SSSR count). The summed E-state index contributed by atoms with van der Waals surface area (Å²) in [5.41, 5.74) is 6.54. The van der Waals surface area contributed by atoms with Crippen molar-refractivity contribution in [3.63, 3.8) is 0 Å². The maximum atomic E-state index is 12.6. The summed E-state index contributed by atoms with van der Waals surface area (Å²) in [4.78, 5) is 19.9. The first kappa shape index (κ1) is 21.0. The molecule has 2 N–H and O–H groups in total. The number of aromatic nitrogens is 1. The number of nitrogens with zero attached hydrogens (tertiary/aromatic N) is 2. The minimum absolute atomic E-state index is 0. The van der Waals surface area contributed by atoms with Crippen molar-refractivity contribution in [2.45, 2.75) is 32.2 Å². The van der Waals surface area contributed by atoms with Crippen LogP contribution in [0.1, 0.15) is 25.5 Å². The van der Waals surface area contributed by atoms with E-state index in [1.165, 1.54) is 0 Å². The Bertz CT molecular complexity index is 633. The van der Waals surface area contributed by atoms with Crippen molar-refractivity contribution in [2.24, 2.45) is 11.7 Å². The largest absolute Gasteiger partial charge is 0.444 e. The number of thiophene rings is 1. The Hall–Kier alpha value is -1.08. The molecule has 5 nitrogen and oxygen atoms in total. The van der Waals surface area contributed by atoms with E-state index in [1.54, 1.807) is 17.6 Å². The fourth-order valence-electron chi connectivity index (χ4n) is 3.08. The van der Waals surface area contributed by atoms with Gasteiger partial charge in [0, 0.05) is 19.1 Å². The molecule has 2 aromatic heterocycles. The van der Waals surface area contributed by atoms with Gasteiger partial charge in [0.25, 0.3) is 0 Å². The predicted octanol–water partition coefficient (Wildman–Crippen LogP) is 3.38. The van der Waals surface area contributed by atoms with Crippen molar-refractivity contribution in [2.75, 3.05) is 13.1 Å². The van der Waals surface area contributed by atoms with Crippen molar-refractivity contribution in [1.82, 2.24) is 9.88 Å². The smallest absolute Gasteiger partial charge is 0.236 e. The standard InChI is InChI=1S/C16H21N3O2S.2ClH/c1-11-4-2-6-19(13(11)9-17)15(20)8-12-10-21-16(18-12)14-5-3-7-22-14;;/h3,5,7,10-11,13H,2,4,6,8-9,17H2,1H3;2*1H. The van der Waals surface area contributed by atoms with E-state index in [1.807, 2.05) is 22.4 Å². The summed E-state index contributed by atoms with van der Waals surface area (Å²) in [6.07, 6.45) is 4.04. The number of carbonyl (C=O) groups is 1. The molecule has 0 bridgehead atoms. The summed E-state index contributed by atoms with van der Waals surface area (Å²) in [5, 5.41) is 1.98. The number of nitrogens with two attached hydrogens (primary N) is 1. The summed E-state index contributed by atoms with van der Waals surface area (Å²) in [5.74, 6) is 1.13. The van der Waals surface area contributed by atoms with Crippen molar-refractivity contribution < 1.29 is 9.21 Å². The van der Waals surface area contributed by atoms with E-state index >= 15 is 0 Å². The molecule has 0 saturated carbocycles. The van der Waals surface area contributed by atoms with Crippen LogP contribution >= 0.6 is 36.2 Å². The van der Waals surface area contributed by atoms with Gasteiger partial charge in [0.2, 0.25) is 11.8 Å². The third-order valence-corrected chi connectivity index (χ3v) is 5.15. The normalized spacial score (nSPS) is 20.2. The number of amides is 1. The van der Waals surface area contributed by atoms with Crippen LogP contribution in [0.25, 0.3) is 10.8 Å². The molecule has 8 heteroatoms. The first-order chi connectivity index (χ1) is 10.7. The molecule has 3 heterocycles.